The van der Waals surface area contributed by atoms with Crippen molar-refractivity contribution in [1.29, 1.82) is 0 Å². The number of nitrogen functional groups attached to an aromatic ring is 1. The number of hydrogen-bond donors (Lipinski definition) is 1. The van der Waals surface area contributed by atoms with E-state index in [0.29, 0.717) is 11.6 Å². The summed E-state index contributed by atoms with van der Waals surface area (Å²) in [5.74, 6) is 3.28. The first-order chi connectivity index (χ1) is 10.1. The van der Waals surface area contributed by atoms with E-state index in [9.17, 15) is 0 Å². The Morgan fingerprint density at radius 3 is 2.67 bits per heavy atom. The monoisotopic (exact) mass is 284 g/mol. The number of benzene rings is 1. The molecule has 108 valence electrons. The average molecular weight is 284 g/mol. The Kier molecular flexibility index (Phi) is 3.17. The summed E-state index contributed by atoms with van der Waals surface area (Å²) >= 11 is 0. The van der Waals surface area contributed by atoms with Crippen LogP contribution in [0.25, 0.3) is 22.5 Å². The maximum atomic E-state index is 5.98. The number of aromatic nitrogens is 1. The van der Waals surface area contributed by atoms with Crippen LogP contribution in [0.5, 0.6) is 5.75 Å². The Morgan fingerprint density at radius 1 is 1.19 bits per heavy atom. The normalized spacial score (nSPS) is 10.8. The fourth-order valence-corrected chi connectivity index (χ4v) is 2.40. The van der Waals surface area contributed by atoms with Crippen molar-refractivity contribution < 1.29 is 13.7 Å². The predicted molar refractivity (Wildman–Crippen MR) is 80.1 cm³/mol. The highest BCUT2D eigenvalue weighted by atomic mass is 16.5. The van der Waals surface area contributed by atoms with Gasteiger partial charge in [-0.15, -0.1) is 0 Å². The Balaban J connectivity index is 2.19. The molecule has 0 atom stereocenters. The Morgan fingerprint density at radius 2 is 2.00 bits per heavy atom. The summed E-state index contributed by atoms with van der Waals surface area (Å²) < 4.78 is 16.2. The highest BCUT2D eigenvalue weighted by Crippen LogP contribution is 2.39. The van der Waals surface area contributed by atoms with Crippen LogP contribution in [-0.4, -0.2) is 12.3 Å². The average Bonchev–Trinajstić information content (AvgIpc) is 3.01. The molecule has 3 aromatic rings. The fourth-order valence-electron chi connectivity index (χ4n) is 2.40. The molecular formula is C16H16N2O3. The van der Waals surface area contributed by atoms with Crippen molar-refractivity contribution in [1.82, 2.24) is 5.16 Å². The highest BCUT2D eigenvalue weighted by Gasteiger charge is 2.21. The fraction of sp³-hybridized carbons (Fsp3) is 0.188. The number of anilines is 1. The van der Waals surface area contributed by atoms with Gasteiger partial charge in [-0.3, -0.25) is 0 Å². The molecular weight excluding hydrogens is 268 g/mol. The minimum atomic E-state index is 0.344. The molecule has 2 aromatic heterocycles. The molecule has 3 rings (SSSR count). The summed E-state index contributed by atoms with van der Waals surface area (Å²) in [5, 5.41) is 3.90. The molecule has 0 aliphatic rings. The maximum Gasteiger partial charge on any atom is 0.180 e. The van der Waals surface area contributed by atoms with Crippen molar-refractivity contribution in [2.24, 2.45) is 0 Å². The van der Waals surface area contributed by atoms with Crippen LogP contribution in [0.3, 0.4) is 0 Å². The van der Waals surface area contributed by atoms with Crippen molar-refractivity contribution in [2.75, 3.05) is 12.8 Å². The standard InChI is InChI=1S/C16H16N2O3/c1-9-7-13(10(2)20-9)15-14(16(17)18-21-15)11-5-4-6-12(8-11)19-3/h4-8H,1-3H3,(H2,17,18). The van der Waals surface area contributed by atoms with Gasteiger partial charge in [0.2, 0.25) is 0 Å². The molecule has 0 radical (unpaired) electrons. The van der Waals surface area contributed by atoms with Gasteiger partial charge in [-0.2, -0.15) is 0 Å². The number of hydrogen-bond acceptors (Lipinski definition) is 5. The van der Waals surface area contributed by atoms with Gasteiger partial charge in [-0.05, 0) is 37.6 Å². The number of nitrogens with zero attached hydrogens (tertiary/aromatic N) is 1. The zero-order valence-electron chi connectivity index (χ0n) is 12.1. The summed E-state index contributed by atoms with van der Waals surface area (Å²) in [4.78, 5) is 0. The van der Waals surface area contributed by atoms with Crippen LogP contribution in [-0.2, 0) is 0 Å². The molecule has 0 spiro atoms. The second-order valence-corrected chi connectivity index (χ2v) is 4.83. The molecule has 5 nitrogen and oxygen atoms in total. The topological polar surface area (TPSA) is 74.4 Å². The van der Waals surface area contributed by atoms with Crippen LogP contribution < -0.4 is 10.5 Å². The number of methoxy groups -OCH3 is 1. The minimum Gasteiger partial charge on any atom is -0.497 e. The second kappa shape index (κ2) is 5.01. The van der Waals surface area contributed by atoms with Crippen LogP contribution in [0.1, 0.15) is 11.5 Å². The minimum absolute atomic E-state index is 0.344. The molecule has 1 aromatic carbocycles. The first-order valence-corrected chi connectivity index (χ1v) is 6.57. The van der Waals surface area contributed by atoms with Gasteiger partial charge in [0.15, 0.2) is 11.6 Å². The van der Waals surface area contributed by atoms with Crippen LogP contribution in [0.15, 0.2) is 39.3 Å². The molecule has 0 aliphatic carbocycles. The van der Waals surface area contributed by atoms with Crippen LogP contribution >= 0.6 is 0 Å². The van der Waals surface area contributed by atoms with Gasteiger partial charge in [0.05, 0.1) is 18.2 Å². The molecule has 2 heterocycles. The summed E-state index contributed by atoms with van der Waals surface area (Å²) in [7, 11) is 1.63. The largest absolute Gasteiger partial charge is 0.497 e. The third kappa shape index (κ3) is 2.27. The molecule has 0 amide bonds. The van der Waals surface area contributed by atoms with E-state index < -0.39 is 0 Å². The van der Waals surface area contributed by atoms with Crippen molar-refractivity contribution in [3.63, 3.8) is 0 Å². The van der Waals surface area contributed by atoms with Gasteiger partial charge in [0.25, 0.3) is 0 Å². The summed E-state index contributed by atoms with van der Waals surface area (Å²) in [6.07, 6.45) is 0. The predicted octanol–water partition coefficient (Wildman–Crippen LogP) is 3.81. The summed E-state index contributed by atoms with van der Waals surface area (Å²) in [6.45, 7) is 3.78. The molecule has 0 bridgehead atoms. The van der Waals surface area contributed by atoms with E-state index in [-0.39, 0.29) is 0 Å². The van der Waals surface area contributed by atoms with Crippen molar-refractivity contribution in [3.8, 4) is 28.2 Å². The van der Waals surface area contributed by atoms with Gasteiger partial charge >= 0.3 is 0 Å². The van der Waals surface area contributed by atoms with E-state index >= 15 is 0 Å². The molecule has 5 heteroatoms. The number of aryl methyl sites for hydroxylation is 2. The molecule has 0 saturated heterocycles. The lowest BCUT2D eigenvalue weighted by atomic mass is 10.0. The van der Waals surface area contributed by atoms with Gasteiger partial charge in [-0.1, -0.05) is 17.3 Å². The first-order valence-electron chi connectivity index (χ1n) is 6.57. The molecule has 0 aliphatic heterocycles. The Bertz CT molecular complexity index is 787. The van der Waals surface area contributed by atoms with Crippen molar-refractivity contribution >= 4 is 5.82 Å². The van der Waals surface area contributed by atoms with Gasteiger partial charge < -0.3 is 19.4 Å². The van der Waals surface area contributed by atoms with E-state index in [1.807, 2.05) is 44.2 Å². The lowest BCUT2D eigenvalue weighted by Crippen LogP contribution is -1.90. The molecule has 0 unspecified atom stereocenters. The van der Waals surface area contributed by atoms with E-state index in [1.54, 1.807) is 7.11 Å². The maximum absolute atomic E-state index is 5.98. The van der Waals surface area contributed by atoms with E-state index in [4.69, 9.17) is 19.4 Å². The van der Waals surface area contributed by atoms with Gasteiger partial charge in [0, 0.05) is 0 Å². The number of nitrogens with two attached hydrogens (primary N) is 1. The third-order valence-corrected chi connectivity index (χ3v) is 3.36. The second-order valence-electron chi connectivity index (χ2n) is 4.83. The van der Waals surface area contributed by atoms with Crippen molar-refractivity contribution in [2.45, 2.75) is 13.8 Å². The lowest BCUT2D eigenvalue weighted by Gasteiger charge is -2.04. The quantitative estimate of drug-likeness (QED) is 0.791. The number of rotatable bonds is 3. The zero-order valence-corrected chi connectivity index (χ0v) is 12.1. The van der Waals surface area contributed by atoms with Crippen LogP contribution in [0, 0.1) is 13.8 Å². The van der Waals surface area contributed by atoms with E-state index in [2.05, 4.69) is 5.16 Å². The SMILES string of the molecule is COc1cccc(-c2c(N)noc2-c2cc(C)oc2C)c1. The first kappa shape index (κ1) is 13.3. The molecule has 0 fully saturated rings. The number of furan rings is 1. The van der Waals surface area contributed by atoms with Crippen LogP contribution in [0.4, 0.5) is 5.82 Å². The Hall–Kier alpha value is -2.69. The molecule has 0 saturated carbocycles. The lowest BCUT2D eigenvalue weighted by molar-refractivity contribution is 0.415. The smallest absolute Gasteiger partial charge is 0.180 e. The molecule has 2 N–H and O–H groups in total. The summed E-state index contributed by atoms with van der Waals surface area (Å²) in [6, 6.07) is 9.53. The zero-order chi connectivity index (χ0) is 15.0. The van der Waals surface area contributed by atoms with Gasteiger partial charge in [0.1, 0.15) is 17.3 Å². The van der Waals surface area contributed by atoms with Crippen molar-refractivity contribution in [3.05, 3.63) is 41.9 Å². The van der Waals surface area contributed by atoms with E-state index in [0.717, 1.165) is 34.0 Å². The summed E-state index contributed by atoms with van der Waals surface area (Å²) in [5.41, 5.74) is 8.48. The Labute approximate surface area is 122 Å². The van der Waals surface area contributed by atoms with Gasteiger partial charge in [-0.25, -0.2) is 0 Å². The van der Waals surface area contributed by atoms with E-state index in [1.165, 1.54) is 0 Å². The number of ether oxygens (including phenoxy) is 1. The molecule has 21 heavy (non-hydrogen) atoms. The third-order valence-electron chi connectivity index (χ3n) is 3.36. The highest BCUT2D eigenvalue weighted by molar-refractivity contribution is 5.87. The van der Waals surface area contributed by atoms with Crippen LogP contribution in [0.2, 0.25) is 0 Å².